The van der Waals surface area contributed by atoms with Crippen LogP contribution < -0.4 is 15.9 Å². The van der Waals surface area contributed by atoms with Crippen molar-refractivity contribution in [3.63, 3.8) is 0 Å². The normalized spacial score (nSPS) is 12.5. The van der Waals surface area contributed by atoms with Crippen molar-refractivity contribution in [1.29, 1.82) is 0 Å². The summed E-state index contributed by atoms with van der Waals surface area (Å²) in [6, 6.07) is 28.9. The summed E-state index contributed by atoms with van der Waals surface area (Å²) < 4.78 is 36.2. The average molecular weight is 430 g/mol. The summed E-state index contributed by atoms with van der Waals surface area (Å²) in [6.45, 7) is 5.52. The van der Waals surface area contributed by atoms with E-state index in [0.29, 0.717) is 0 Å². The summed E-state index contributed by atoms with van der Waals surface area (Å²) in [7, 11) is -9.29. The van der Waals surface area contributed by atoms with E-state index in [1.165, 1.54) is 0 Å². The van der Waals surface area contributed by atoms with Crippen LogP contribution in [0.25, 0.3) is 0 Å². The van der Waals surface area contributed by atoms with Crippen molar-refractivity contribution in [2.45, 2.75) is 19.6 Å². The van der Waals surface area contributed by atoms with E-state index in [9.17, 15) is 8.42 Å². The zero-order valence-corrected chi connectivity index (χ0v) is 18.9. The van der Waals surface area contributed by atoms with Crippen LogP contribution in [0.5, 0.6) is 0 Å². The molecule has 0 saturated carbocycles. The lowest BCUT2D eigenvalue weighted by molar-refractivity contribution is 0.488. The van der Waals surface area contributed by atoms with Crippen LogP contribution in [0, 0.1) is 0 Å². The lowest BCUT2D eigenvalue weighted by atomic mass is 10.4. The minimum atomic E-state index is -4.11. The molecular weight excluding hydrogens is 405 g/mol. The van der Waals surface area contributed by atoms with Gasteiger partial charge < -0.3 is 0 Å². The van der Waals surface area contributed by atoms with Crippen LogP contribution in [-0.2, 0) is 14.2 Å². The zero-order valence-electron chi connectivity index (χ0n) is 16.2. The highest BCUT2D eigenvalue weighted by atomic mass is 32.2. The molecule has 0 atom stereocenters. The molecule has 3 aromatic carbocycles. The van der Waals surface area contributed by atoms with Crippen molar-refractivity contribution in [2.75, 3.05) is 0 Å². The van der Waals surface area contributed by atoms with Gasteiger partial charge >= 0.3 is 10.3 Å². The van der Waals surface area contributed by atoms with E-state index in [0.717, 1.165) is 15.9 Å². The Bertz CT molecular complexity index is 977. The highest BCUT2D eigenvalue weighted by Crippen LogP contribution is 2.47. The molecule has 0 unspecified atom stereocenters. The maximum Gasteiger partial charge on any atom is 0.370 e. The molecule has 0 fully saturated rings. The van der Waals surface area contributed by atoms with Crippen LogP contribution in [0.3, 0.4) is 0 Å². The fourth-order valence-corrected chi connectivity index (χ4v) is 11.0. The maximum absolute atomic E-state index is 13.1. The molecule has 0 radical (unpaired) electrons. The Morgan fingerprint density at radius 3 is 1.29 bits per heavy atom. The first-order valence-corrected chi connectivity index (χ1v) is 15.5. The van der Waals surface area contributed by atoms with Gasteiger partial charge in [0.05, 0.1) is 7.05 Å². The van der Waals surface area contributed by atoms with Gasteiger partial charge in [0.1, 0.15) is 0 Å². The minimum Gasteiger partial charge on any atom is -0.298 e. The smallest absolute Gasteiger partial charge is 0.298 e. The van der Waals surface area contributed by atoms with E-state index in [2.05, 4.69) is 4.15 Å². The highest BCUT2D eigenvalue weighted by Gasteiger charge is 2.32. The van der Waals surface area contributed by atoms with E-state index in [1.54, 1.807) is 0 Å². The molecule has 0 heterocycles. The van der Waals surface area contributed by atoms with Gasteiger partial charge in [-0.3, -0.25) is 3.87 Å². The fraction of sp³-hybridized carbons (Fsp3) is 0.143. The average Bonchev–Trinajstić information content (AvgIpc) is 2.66. The van der Waals surface area contributed by atoms with Crippen LogP contribution in [0.1, 0.15) is 0 Å². The quantitative estimate of drug-likeness (QED) is 0.435. The van der Waals surface area contributed by atoms with Crippen LogP contribution in [0.15, 0.2) is 95.1 Å². The van der Waals surface area contributed by atoms with Gasteiger partial charge in [0.2, 0.25) is 8.32 Å². The van der Waals surface area contributed by atoms with Gasteiger partial charge in [-0.25, -0.2) is 0 Å². The summed E-state index contributed by atoms with van der Waals surface area (Å²) in [5.74, 6) is 0. The fourth-order valence-electron chi connectivity index (χ4n) is 3.00. The molecule has 0 aromatic heterocycles. The second-order valence-electron chi connectivity index (χ2n) is 7.35. The molecule has 7 heteroatoms. The first-order chi connectivity index (χ1) is 13.2. The predicted molar refractivity (Wildman–Crippen MR) is 121 cm³/mol. The molecular formula is C21H24NO3PSSi. The summed E-state index contributed by atoms with van der Waals surface area (Å²) >= 11 is 0. The lowest BCUT2D eigenvalue weighted by Gasteiger charge is -2.27. The van der Waals surface area contributed by atoms with Crippen molar-refractivity contribution < 1.29 is 12.3 Å². The van der Waals surface area contributed by atoms with Gasteiger partial charge in [0, 0.05) is 15.9 Å². The molecule has 0 amide bonds. The van der Waals surface area contributed by atoms with Gasteiger partial charge in [-0.05, 0) is 19.6 Å². The molecule has 3 aromatic rings. The Hall–Kier alpha value is -1.98. The Morgan fingerprint density at radius 2 is 1.00 bits per heavy atom. The summed E-state index contributed by atoms with van der Waals surface area (Å²) in [5.41, 5.74) is 0. The third-order valence-corrected chi connectivity index (χ3v) is 11.7. The van der Waals surface area contributed by atoms with Gasteiger partial charge in [0.25, 0.3) is 0 Å². The van der Waals surface area contributed by atoms with Crippen LogP contribution in [0.4, 0.5) is 0 Å². The second-order valence-corrected chi connectivity index (χ2v) is 16.6. The topological polar surface area (TPSA) is 55.7 Å². The maximum atomic E-state index is 13.1. The van der Waals surface area contributed by atoms with E-state index in [4.69, 9.17) is 3.87 Å². The minimum absolute atomic E-state index is 0.871. The molecule has 28 heavy (non-hydrogen) atoms. The SMILES string of the molecule is C[Si](C)(C)OS(=O)(=O)N=P(c1ccccc1)(c1ccccc1)c1ccccc1. The van der Waals surface area contributed by atoms with Gasteiger partial charge in [-0.15, -0.1) is 4.15 Å². The van der Waals surface area contributed by atoms with Crippen molar-refractivity contribution in [3.8, 4) is 0 Å². The standard InChI is InChI=1S/C21H24NO3PSSi/c1-28(2,3)25-27(23,24)22-26(19-13-7-4-8-14-19,20-15-9-5-10-16-20)21-17-11-6-12-18-21/h4-18H,1-3H3. The molecule has 0 N–H and O–H groups in total. The van der Waals surface area contributed by atoms with Gasteiger partial charge in [-0.1, -0.05) is 91.0 Å². The van der Waals surface area contributed by atoms with Crippen molar-refractivity contribution >= 4 is 41.6 Å². The molecule has 0 bridgehead atoms. The lowest BCUT2D eigenvalue weighted by Crippen LogP contribution is -2.30. The third kappa shape index (κ3) is 4.70. The first-order valence-electron chi connectivity index (χ1n) is 8.99. The predicted octanol–water partition coefficient (Wildman–Crippen LogP) is 4.26. The molecule has 0 aliphatic heterocycles. The van der Waals surface area contributed by atoms with E-state index >= 15 is 0 Å². The molecule has 0 spiro atoms. The number of rotatable bonds is 6. The largest absolute Gasteiger partial charge is 0.370 e. The Kier molecular flexibility index (Phi) is 6.06. The molecule has 146 valence electrons. The number of hydrogen-bond donors (Lipinski definition) is 0. The second kappa shape index (κ2) is 8.17. The van der Waals surface area contributed by atoms with E-state index in [1.807, 2.05) is 111 Å². The van der Waals surface area contributed by atoms with Gasteiger partial charge in [0.15, 0.2) is 0 Å². The molecule has 0 aliphatic rings. The zero-order chi connectivity index (χ0) is 20.3. The first kappa shape index (κ1) is 20.7. The molecule has 0 aliphatic carbocycles. The van der Waals surface area contributed by atoms with E-state index in [-0.39, 0.29) is 0 Å². The Morgan fingerprint density at radius 1 is 0.679 bits per heavy atom. The van der Waals surface area contributed by atoms with E-state index < -0.39 is 25.7 Å². The van der Waals surface area contributed by atoms with Crippen LogP contribution >= 0.6 is 7.05 Å². The summed E-state index contributed by atoms with van der Waals surface area (Å²) in [5, 5.41) is 2.61. The van der Waals surface area contributed by atoms with Gasteiger partial charge in [-0.2, -0.15) is 8.42 Å². The summed E-state index contributed by atoms with van der Waals surface area (Å²) in [6.07, 6.45) is 0. The van der Waals surface area contributed by atoms with Crippen molar-refractivity contribution in [3.05, 3.63) is 91.0 Å². The third-order valence-electron chi connectivity index (χ3n) is 3.97. The summed E-state index contributed by atoms with van der Waals surface area (Å²) in [4.78, 5) is 0. The number of nitrogens with zero attached hydrogens (tertiary/aromatic N) is 1. The molecule has 3 rings (SSSR count). The Labute approximate surface area is 168 Å². The van der Waals surface area contributed by atoms with Crippen molar-refractivity contribution in [1.82, 2.24) is 0 Å². The Balaban J connectivity index is 2.44. The van der Waals surface area contributed by atoms with Crippen LogP contribution in [0.2, 0.25) is 19.6 Å². The number of hydrogen-bond acceptors (Lipinski definition) is 3. The highest BCUT2D eigenvalue weighted by molar-refractivity contribution is 7.97. The van der Waals surface area contributed by atoms with Crippen LogP contribution in [-0.4, -0.2) is 16.7 Å². The molecule has 0 saturated heterocycles. The van der Waals surface area contributed by atoms with Crippen molar-refractivity contribution in [2.24, 2.45) is 4.15 Å². The number of benzene rings is 3. The monoisotopic (exact) mass is 429 g/mol. The molecule has 4 nitrogen and oxygen atoms in total.